The number of alkyl halides is 1. The van der Waals surface area contributed by atoms with Crippen molar-refractivity contribution in [3.63, 3.8) is 0 Å². The second-order valence-corrected chi connectivity index (χ2v) is 5.70. The Morgan fingerprint density at radius 2 is 1.50 bits per heavy atom. The van der Waals surface area contributed by atoms with Gasteiger partial charge in [-0.25, -0.2) is 0 Å². The van der Waals surface area contributed by atoms with Gasteiger partial charge in [0.15, 0.2) is 0 Å². The van der Waals surface area contributed by atoms with Gasteiger partial charge in [-0.15, -0.1) is 11.6 Å². The summed E-state index contributed by atoms with van der Waals surface area (Å²) in [5.74, 6) is 1.07. The van der Waals surface area contributed by atoms with E-state index >= 15 is 0 Å². The van der Waals surface area contributed by atoms with E-state index in [-0.39, 0.29) is 0 Å². The van der Waals surface area contributed by atoms with Crippen molar-refractivity contribution in [3.8, 4) is 0 Å². The number of rotatable bonds is 8. The lowest BCUT2D eigenvalue weighted by Crippen LogP contribution is -1.90. The minimum absolute atomic E-state index is 0.317. The second kappa shape index (κ2) is 10.0. The average Bonchev–Trinajstić information content (AvgIpc) is 2.59. The summed E-state index contributed by atoms with van der Waals surface area (Å²) in [4.78, 5) is 0. The Morgan fingerprint density at radius 1 is 0.818 bits per heavy atom. The Bertz CT molecular complexity index is 569. The van der Waals surface area contributed by atoms with Gasteiger partial charge in [0.1, 0.15) is 0 Å². The molecule has 2 aromatic carbocycles. The minimum Gasteiger partial charge on any atom is -0.127 e. The summed E-state index contributed by atoms with van der Waals surface area (Å²) in [7, 11) is 0. The lowest BCUT2D eigenvalue weighted by atomic mass is 9.96. The summed E-state index contributed by atoms with van der Waals surface area (Å²) in [5.41, 5.74) is 2.56. The maximum atomic E-state index is 5.72. The van der Waals surface area contributed by atoms with Crippen LogP contribution in [0.3, 0.4) is 0 Å². The van der Waals surface area contributed by atoms with E-state index in [1.807, 2.05) is 6.07 Å². The number of hydrogen-bond donors (Lipinski definition) is 0. The summed E-state index contributed by atoms with van der Waals surface area (Å²) < 4.78 is 0. The van der Waals surface area contributed by atoms with Crippen LogP contribution in [0.15, 0.2) is 78.9 Å². The van der Waals surface area contributed by atoms with Crippen molar-refractivity contribution in [1.29, 1.82) is 0 Å². The molecule has 0 aliphatic carbocycles. The third-order valence-corrected chi connectivity index (χ3v) is 3.85. The zero-order valence-corrected chi connectivity index (χ0v) is 13.6. The fraction of sp³-hybridized carbons (Fsp3) is 0.238. The Hall–Kier alpha value is -1.79. The maximum absolute atomic E-state index is 5.72. The van der Waals surface area contributed by atoms with Gasteiger partial charge < -0.3 is 0 Å². The third kappa shape index (κ3) is 5.91. The predicted octanol–water partition coefficient (Wildman–Crippen LogP) is 6.45. The summed E-state index contributed by atoms with van der Waals surface area (Å²) >= 11 is 5.72. The Morgan fingerprint density at radius 3 is 2.18 bits per heavy atom. The van der Waals surface area contributed by atoms with Gasteiger partial charge in [-0.2, -0.15) is 0 Å². The molecule has 0 fully saturated rings. The van der Waals surface area contributed by atoms with Crippen molar-refractivity contribution in [2.24, 2.45) is 0 Å². The molecule has 114 valence electrons. The first-order valence-corrected chi connectivity index (χ1v) is 8.44. The zero-order valence-electron chi connectivity index (χ0n) is 12.9. The zero-order chi connectivity index (χ0) is 15.5. The normalized spacial score (nSPS) is 13.0. The Balaban J connectivity index is 2.07. The number of unbranched alkanes of at least 4 members (excludes halogenated alkanes) is 2. The van der Waals surface area contributed by atoms with E-state index in [2.05, 4.69) is 78.9 Å². The van der Waals surface area contributed by atoms with Crippen LogP contribution in [0.1, 0.15) is 36.3 Å². The number of hydrogen-bond acceptors (Lipinski definition) is 0. The van der Waals surface area contributed by atoms with Crippen LogP contribution < -0.4 is 0 Å². The second-order valence-electron chi connectivity index (χ2n) is 5.32. The molecule has 0 aromatic heterocycles. The van der Waals surface area contributed by atoms with Crippen LogP contribution in [0.2, 0.25) is 0 Å². The largest absolute Gasteiger partial charge is 0.127 e. The van der Waals surface area contributed by atoms with Crippen molar-refractivity contribution < 1.29 is 0 Å². The average molecular weight is 311 g/mol. The SMILES string of the molecule is ClCCCC/C=C/C(/C=C/c1ccccc1)c1ccccc1. The molecule has 0 N–H and O–H groups in total. The van der Waals surface area contributed by atoms with Gasteiger partial charge >= 0.3 is 0 Å². The Labute approximate surface area is 139 Å². The first-order valence-electron chi connectivity index (χ1n) is 7.91. The molecule has 0 amide bonds. The van der Waals surface area contributed by atoms with Crippen molar-refractivity contribution in [2.45, 2.75) is 25.2 Å². The van der Waals surface area contributed by atoms with E-state index in [1.165, 1.54) is 11.1 Å². The molecule has 2 aromatic rings. The first kappa shape index (κ1) is 16.6. The van der Waals surface area contributed by atoms with E-state index in [4.69, 9.17) is 11.6 Å². The highest BCUT2D eigenvalue weighted by Gasteiger charge is 2.02. The molecule has 0 heterocycles. The lowest BCUT2D eigenvalue weighted by Gasteiger charge is -2.08. The van der Waals surface area contributed by atoms with Gasteiger partial charge in [0, 0.05) is 11.8 Å². The molecular weight excluding hydrogens is 288 g/mol. The van der Waals surface area contributed by atoms with Crippen LogP contribution >= 0.6 is 11.6 Å². The van der Waals surface area contributed by atoms with Crippen molar-refractivity contribution in [3.05, 3.63) is 90.0 Å². The standard InChI is InChI=1S/C21H23Cl/c22-18-10-2-1-7-15-21(20-13-8-4-9-14-20)17-16-19-11-5-3-6-12-19/h3-9,11-17,21H,1-2,10,18H2/b15-7+,17-16+. The molecular formula is C21H23Cl. The van der Waals surface area contributed by atoms with Crippen molar-refractivity contribution in [1.82, 2.24) is 0 Å². The summed E-state index contributed by atoms with van der Waals surface area (Å²) in [6, 6.07) is 21.1. The molecule has 0 aliphatic heterocycles. The highest BCUT2D eigenvalue weighted by molar-refractivity contribution is 6.17. The van der Waals surface area contributed by atoms with Gasteiger partial charge in [0.05, 0.1) is 0 Å². The summed E-state index contributed by atoms with van der Waals surface area (Å²) in [6.45, 7) is 0. The highest BCUT2D eigenvalue weighted by Crippen LogP contribution is 2.20. The fourth-order valence-electron chi connectivity index (χ4n) is 2.34. The van der Waals surface area contributed by atoms with E-state index in [0.29, 0.717) is 5.92 Å². The van der Waals surface area contributed by atoms with E-state index in [0.717, 1.165) is 25.1 Å². The number of benzene rings is 2. The molecule has 1 heteroatoms. The van der Waals surface area contributed by atoms with Gasteiger partial charge in [-0.3, -0.25) is 0 Å². The van der Waals surface area contributed by atoms with Crippen molar-refractivity contribution in [2.75, 3.05) is 5.88 Å². The van der Waals surface area contributed by atoms with Crippen LogP contribution in [0, 0.1) is 0 Å². The number of halogens is 1. The van der Waals surface area contributed by atoms with Crippen LogP contribution in [0.25, 0.3) is 6.08 Å². The quantitative estimate of drug-likeness (QED) is 0.298. The van der Waals surface area contributed by atoms with Crippen LogP contribution in [0.5, 0.6) is 0 Å². The van der Waals surface area contributed by atoms with Crippen molar-refractivity contribution >= 4 is 17.7 Å². The van der Waals surface area contributed by atoms with Crippen LogP contribution in [-0.4, -0.2) is 5.88 Å². The predicted molar refractivity (Wildman–Crippen MR) is 98.4 cm³/mol. The smallest absolute Gasteiger partial charge is 0.0223 e. The van der Waals surface area contributed by atoms with Crippen LogP contribution in [0.4, 0.5) is 0 Å². The molecule has 0 radical (unpaired) electrons. The lowest BCUT2D eigenvalue weighted by molar-refractivity contribution is 0.816. The topological polar surface area (TPSA) is 0 Å². The van der Waals surface area contributed by atoms with E-state index in [9.17, 15) is 0 Å². The molecule has 0 nitrogen and oxygen atoms in total. The molecule has 0 spiro atoms. The molecule has 1 atom stereocenters. The van der Waals surface area contributed by atoms with E-state index in [1.54, 1.807) is 0 Å². The van der Waals surface area contributed by atoms with Gasteiger partial charge in [-0.1, -0.05) is 85.0 Å². The van der Waals surface area contributed by atoms with Gasteiger partial charge in [0.25, 0.3) is 0 Å². The molecule has 0 bridgehead atoms. The monoisotopic (exact) mass is 310 g/mol. The van der Waals surface area contributed by atoms with Gasteiger partial charge in [-0.05, 0) is 30.4 Å². The molecule has 0 saturated heterocycles. The minimum atomic E-state index is 0.317. The Kier molecular flexibility index (Phi) is 7.55. The van der Waals surface area contributed by atoms with Crippen LogP contribution in [-0.2, 0) is 0 Å². The number of allylic oxidation sites excluding steroid dienone is 3. The van der Waals surface area contributed by atoms with E-state index < -0.39 is 0 Å². The third-order valence-electron chi connectivity index (χ3n) is 3.58. The molecule has 0 aliphatic rings. The summed E-state index contributed by atoms with van der Waals surface area (Å²) in [5, 5.41) is 0. The highest BCUT2D eigenvalue weighted by atomic mass is 35.5. The summed E-state index contributed by atoms with van der Waals surface area (Å²) in [6.07, 6.45) is 12.4. The molecule has 2 rings (SSSR count). The molecule has 0 saturated carbocycles. The maximum Gasteiger partial charge on any atom is 0.0223 e. The molecule has 22 heavy (non-hydrogen) atoms. The van der Waals surface area contributed by atoms with Gasteiger partial charge in [0.2, 0.25) is 0 Å². The molecule has 1 unspecified atom stereocenters. The fourth-order valence-corrected chi connectivity index (χ4v) is 2.53. The first-order chi connectivity index (χ1) is 10.9.